The van der Waals surface area contributed by atoms with Crippen LogP contribution in [0, 0.1) is 17.0 Å². The fourth-order valence-electron chi connectivity index (χ4n) is 1.69. The van der Waals surface area contributed by atoms with Gasteiger partial charge in [-0.05, 0) is 30.7 Å². The van der Waals surface area contributed by atoms with Gasteiger partial charge in [-0.25, -0.2) is 9.78 Å². The summed E-state index contributed by atoms with van der Waals surface area (Å²) in [6, 6.07) is 5.58. The molecule has 0 spiro atoms. The van der Waals surface area contributed by atoms with Crippen LogP contribution in [0.1, 0.15) is 15.9 Å². The summed E-state index contributed by atoms with van der Waals surface area (Å²) in [5, 5.41) is 22.8. The molecule has 0 atom stereocenters. The summed E-state index contributed by atoms with van der Waals surface area (Å²) >= 11 is 5.76. The van der Waals surface area contributed by atoms with Gasteiger partial charge in [-0.1, -0.05) is 11.6 Å². The molecule has 0 aliphatic heterocycles. The van der Waals surface area contributed by atoms with Gasteiger partial charge < -0.3 is 10.4 Å². The van der Waals surface area contributed by atoms with Crippen molar-refractivity contribution in [2.24, 2.45) is 0 Å². The van der Waals surface area contributed by atoms with Crippen molar-refractivity contribution in [3.8, 4) is 0 Å². The molecule has 2 aromatic rings. The minimum absolute atomic E-state index is 0.0317. The van der Waals surface area contributed by atoms with Crippen molar-refractivity contribution < 1.29 is 14.8 Å². The number of aryl methyl sites for hydroxylation is 1. The third kappa shape index (κ3) is 3.26. The van der Waals surface area contributed by atoms with Gasteiger partial charge in [0.25, 0.3) is 0 Å². The lowest BCUT2D eigenvalue weighted by Gasteiger charge is -2.08. The van der Waals surface area contributed by atoms with Crippen LogP contribution in [0.25, 0.3) is 0 Å². The molecular weight excluding hydrogens is 298 g/mol. The second-order valence-corrected chi connectivity index (χ2v) is 4.67. The second kappa shape index (κ2) is 5.76. The van der Waals surface area contributed by atoms with Crippen LogP contribution < -0.4 is 5.32 Å². The van der Waals surface area contributed by atoms with Crippen molar-refractivity contribution in [2.75, 3.05) is 5.32 Å². The normalized spacial score (nSPS) is 10.2. The van der Waals surface area contributed by atoms with E-state index in [1.54, 1.807) is 6.92 Å². The van der Waals surface area contributed by atoms with E-state index in [1.807, 2.05) is 0 Å². The number of anilines is 2. The molecule has 8 heteroatoms. The summed E-state index contributed by atoms with van der Waals surface area (Å²) in [5.41, 5.74) is 0.698. The summed E-state index contributed by atoms with van der Waals surface area (Å²) in [6.45, 7) is 1.69. The number of carbonyl (C=O) groups is 1. The van der Waals surface area contributed by atoms with Gasteiger partial charge in [0, 0.05) is 18.0 Å². The summed E-state index contributed by atoms with van der Waals surface area (Å²) < 4.78 is 0. The fourth-order valence-corrected chi connectivity index (χ4v) is 1.89. The molecule has 2 rings (SSSR count). The number of carboxylic acids is 1. The lowest BCUT2D eigenvalue weighted by molar-refractivity contribution is -0.384. The molecule has 7 nitrogen and oxygen atoms in total. The van der Waals surface area contributed by atoms with Crippen LogP contribution >= 0.6 is 11.6 Å². The maximum absolute atomic E-state index is 11.0. The molecule has 0 fully saturated rings. The second-order valence-electron chi connectivity index (χ2n) is 4.26. The highest BCUT2D eigenvalue weighted by Crippen LogP contribution is 2.28. The van der Waals surface area contributed by atoms with Gasteiger partial charge in [0.15, 0.2) is 0 Å². The van der Waals surface area contributed by atoms with Gasteiger partial charge >= 0.3 is 11.7 Å². The summed E-state index contributed by atoms with van der Waals surface area (Å²) in [4.78, 5) is 25.4. The number of hydrogen-bond donors (Lipinski definition) is 2. The van der Waals surface area contributed by atoms with E-state index in [0.717, 1.165) is 0 Å². The molecule has 0 unspecified atom stereocenters. The average molecular weight is 308 g/mol. The standard InChI is InChI=1S/C13H10ClN3O4/c1-7-4-11(17(20)21)12(15-6-7)16-8-2-3-10(14)9(5-8)13(18)19/h2-6H,1H3,(H,15,16)(H,18,19). The number of halogens is 1. The number of carboxylic acid groups (broad SMARTS) is 1. The molecule has 2 N–H and O–H groups in total. The van der Waals surface area contributed by atoms with E-state index in [0.29, 0.717) is 11.3 Å². The van der Waals surface area contributed by atoms with Crippen molar-refractivity contribution in [2.45, 2.75) is 6.92 Å². The van der Waals surface area contributed by atoms with Gasteiger partial charge in [0.2, 0.25) is 5.82 Å². The zero-order chi connectivity index (χ0) is 15.6. The Kier molecular flexibility index (Phi) is 4.04. The Labute approximate surface area is 124 Å². The van der Waals surface area contributed by atoms with E-state index < -0.39 is 10.9 Å². The van der Waals surface area contributed by atoms with Crippen molar-refractivity contribution in [1.29, 1.82) is 0 Å². The third-order valence-corrected chi connectivity index (χ3v) is 2.99. The van der Waals surface area contributed by atoms with Crippen molar-refractivity contribution >= 4 is 34.8 Å². The van der Waals surface area contributed by atoms with E-state index >= 15 is 0 Å². The molecule has 0 bridgehead atoms. The molecule has 1 heterocycles. The van der Waals surface area contributed by atoms with E-state index in [2.05, 4.69) is 10.3 Å². The fraction of sp³-hybridized carbons (Fsp3) is 0.0769. The molecule has 1 aromatic carbocycles. The van der Waals surface area contributed by atoms with Crippen LogP contribution in [0.4, 0.5) is 17.2 Å². The maximum Gasteiger partial charge on any atom is 0.337 e. The molecule has 21 heavy (non-hydrogen) atoms. The smallest absolute Gasteiger partial charge is 0.337 e. The number of nitrogens with zero attached hydrogens (tertiary/aromatic N) is 2. The minimum Gasteiger partial charge on any atom is -0.478 e. The molecule has 0 saturated carbocycles. The predicted molar refractivity (Wildman–Crippen MR) is 77.3 cm³/mol. The lowest BCUT2D eigenvalue weighted by Crippen LogP contribution is -2.02. The van der Waals surface area contributed by atoms with E-state index in [9.17, 15) is 14.9 Å². The number of nitrogens with one attached hydrogen (secondary N) is 1. The molecule has 108 valence electrons. The monoisotopic (exact) mass is 307 g/mol. The predicted octanol–water partition coefficient (Wildman–Crippen LogP) is 3.39. The summed E-state index contributed by atoms with van der Waals surface area (Å²) in [7, 11) is 0. The Morgan fingerprint density at radius 2 is 2.14 bits per heavy atom. The highest BCUT2D eigenvalue weighted by atomic mass is 35.5. The molecule has 0 amide bonds. The van der Waals surface area contributed by atoms with Crippen LogP contribution in [0.2, 0.25) is 5.02 Å². The zero-order valence-corrected chi connectivity index (χ0v) is 11.6. The number of nitro groups is 1. The SMILES string of the molecule is Cc1cnc(Nc2ccc(Cl)c(C(=O)O)c2)c([N+](=O)[O-])c1. The number of aromatic carboxylic acids is 1. The molecule has 0 aliphatic carbocycles. The molecule has 1 aromatic heterocycles. The average Bonchev–Trinajstić information content (AvgIpc) is 2.42. The van der Waals surface area contributed by atoms with Crippen molar-refractivity contribution in [3.05, 3.63) is 56.7 Å². The Morgan fingerprint density at radius 3 is 2.76 bits per heavy atom. The number of hydrogen-bond acceptors (Lipinski definition) is 5. The van der Waals surface area contributed by atoms with Crippen molar-refractivity contribution in [3.63, 3.8) is 0 Å². The number of aromatic nitrogens is 1. The highest BCUT2D eigenvalue weighted by Gasteiger charge is 2.17. The van der Waals surface area contributed by atoms with Crippen LogP contribution in [0.3, 0.4) is 0 Å². The van der Waals surface area contributed by atoms with Gasteiger partial charge in [0.05, 0.1) is 15.5 Å². The van der Waals surface area contributed by atoms with Crippen LogP contribution in [-0.2, 0) is 0 Å². The van der Waals surface area contributed by atoms with Gasteiger partial charge in [0.1, 0.15) is 0 Å². The molecular formula is C13H10ClN3O4. The first-order valence-electron chi connectivity index (χ1n) is 5.79. The first-order valence-corrected chi connectivity index (χ1v) is 6.17. The first kappa shape index (κ1) is 14.7. The van der Waals surface area contributed by atoms with Crippen LogP contribution in [0.5, 0.6) is 0 Å². The van der Waals surface area contributed by atoms with Gasteiger partial charge in [-0.15, -0.1) is 0 Å². The Bertz CT molecular complexity index is 733. The number of pyridine rings is 1. The zero-order valence-electron chi connectivity index (χ0n) is 10.8. The van der Waals surface area contributed by atoms with Gasteiger partial charge in [-0.2, -0.15) is 0 Å². The highest BCUT2D eigenvalue weighted by molar-refractivity contribution is 6.33. The number of benzene rings is 1. The maximum atomic E-state index is 11.0. The Morgan fingerprint density at radius 1 is 1.43 bits per heavy atom. The Balaban J connectivity index is 2.41. The third-order valence-electron chi connectivity index (χ3n) is 2.66. The largest absolute Gasteiger partial charge is 0.478 e. The lowest BCUT2D eigenvalue weighted by atomic mass is 10.2. The summed E-state index contributed by atoms with van der Waals surface area (Å²) in [6.07, 6.45) is 1.48. The summed E-state index contributed by atoms with van der Waals surface area (Å²) in [5.74, 6) is -1.15. The topological polar surface area (TPSA) is 105 Å². The van der Waals surface area contributed by atoms with Crippen LogP contribution in [-0.4, -0.2) is 21.0 Å². The van der Waals surface area contributed by atoms with Crippen LogP contribution in [0.15, 0.2) is 30.5 Å². The first-order chi connectivity index (χ1) is 9.88. The van der Waals surface area contributed by atoms with Crippen molar-refractivity contribution in [1.82, 2.24) is 4.98 Å². The molecule has 0 saturated heterocycles. The van der Waals surface area contributed by atoms with E-state index in [-0.39, 0.29) is 22.1 Å². The number of rotatable bonds is 4. The van der Waals surface area contributed by atoms with E-state index in [4.69, 9.17) is 16.7 Å². The Hall–Kier alpha value is -2.67. The quantitative estimate of drug-likeness (QED) is 0.662. The van der Waals surface area contributed by atoms with Gasteiger partial charge in [-0.3, -0.25) is 10.1 Å². The molecule has 0 radical (unpaired) electrons. The minimum atomic E-state index is -1.19. The molecule has 0 aliphatic rings. The van der Waals surface area contributed by atoms with E-state index in [1.165, 1.54) is 30.5 Å².